The molecular weight excluding hydrogens is 269 g/mol. The summed E-state index contributed by atoms with van der Waals surface area (Å²) in [5.74, 6) is -1.03. The summed E-state index contributed by atoms with van der Waals surface area (Å²) in [5, 5.41) is 2.97. The van der Waals surface area contributed by atoms with Gasteiger partial charge in [-0.05, 0) is 31.0 Å². The molecule has 1 aliphatic rings. The normalized spacial score (nSPS) is 15.7. The van der Waals surface area contributed by atoms with Gasteiger partial charge in [-0.2, -0.15) is 0 Å². The number of ether oxygens (including phenoxy) is 1. The van der Waals surface area contributed by atoms with Crippen LogP contribution in [0.1, 0.15) is 36.0 Å². The molecule has 1 aromatic rings. The van der Waals surface area contributed by atoms with Gasteiger partial charge in [-0.1, -0.05) is 24.4 Å². The number of amides is 1. The molecule has 3 nitrogen and oxygen atoms in total. The SMILES string of the molecule is O=C(NCCOC1CCCC1)c1cc(Cl)ccc1F. The second-order valence-electron chi connectivity index (χ2n) is 4.66. The molecule has 0 atom stereocenters. The highest BCUT2D eigenvalue weighted by atomic mass is 35.5. The molecule has 1 aromatic carbocycles. The van der Waals surface area contributed by atoms with Gasteiger partial charge in [0.1, 0.15) is 5.82 Å². The van der Waals surface area contributed by atoms with Crippen LogP contribution in [0.5, 0.6) is 0 Å². The van der Waals surface area contributed by atoms with Gasteiger partial charge < -0.3 is 10.1 Å². The smallest absolute Gasteiger partial charge is 0.254 e. The average Bonchev–Trinajstić information content (AvgIpc) is 2.90. The Morgan fingerprint density at radius 3 is 2.89 bits per heavy atom. The first-order valence-corrected chi connectivity index (χ1v) is 6.89. The largest absolute Gasteiger partial charge is 0.376 e. The maximum absolute atomic E-state index is 13.4. The van der Waals surface area contributed by atoms with Crippen molar-refractivity contribution in [2.75, 3.05) is 13.2 Å². The van der Waals surface area contributed by atoms with Gasteiger partial charge in [0.05, 0.1) is 18.3 Å². The molecule has 1 saturated carbocycles. The van der Waals surface area contributed by atoms with Crippen LogP contribution in [0.3, 0.4) is 0 Å². The number of carbonyl (C=O) groups is 1. The van der Waals surface area contributed by atoms with E-state index < -0.39 is 11.7 Å². The molecule has 0 unspecified atom stereocenters. The van der Waals surface area contributed by atoms with Gasteiger partial charge >= 0.3 is 0 Å². The Morgan fingerprint density at radius 1 is 1.42 bits per heavy atom. The molecule has 1 amide bonds. The van der Waals surface area contributed by atoms with Gasteiger partial charge in [-0.15, -0.1) is 0 Å². The lowest BCUT2D eigenvalue weighted by Crippen LogP contribution is -2.29. The zero-order valence-corrected chi connectivity index (χ0v) is 11.4. The molecule has 19 heavy (non-hydrogen) atoms. The van der Waals surface area contributed by atoms with Gasteiger partial charge in [0.25, 0.3) is 5.91 Å². The quantitative estimate of drug-likeness (QED) is 0.844. The van der Waals surface area contributed by atoms with Crippen molar-refractivity contribution in [2.45, 2.75) is 31.8 Å². The minimum Gasteiger partial charge on any atom is -0.376 e. The topological polar surface area (TPSA) is 38.3 Å². The second kappa shape index (κ2) is 6.87. The summed E-state index contributed by atoms with van der Waals surface area (Å²) >= 11 is 5.74. The molecular formula is C14H17ClFNO2. The van der Waals surface area contributed by atoms with E-state index in [1.165, 1.54) is 31.0 Å². The maximum atomic E-state index is 13.4. The number of nitrogens with one attached hydrogen (secondary N) is 1. The van der Waals surface area contributed by atoms with E-state index in [1.807, 2.05) is 0 Å². The molecule has 1 fully saturated rings. The summed E-state index contributed by atoms with van der Waals surface area (Å²) in [6, 6.07) is 3.92. The third kappa shape index (κ3) is 4.18. The Morgan fingerprint density at radius 2 is 2.16 bits per heavy atom. The van der Waals surface area contributed by atoms with E-state index >= 15 is 0 Å². The average molecular weight is 286 g/mol. The highest BCUT2D eigenvalue weighted by Gasteiger charge is 2.15. The third-order valence-corrected chi connectivity index (χ3v) is 3.45. The van der Waals surface area contributed by atoms with Crippen molar-refractivity contribution in [3.05, 3.63) is 34.6 Å². The third-order valence-electron chi connectivity index (χ3n) is 3.22. The van der Waals surface area contributed by atoms with Crippen LogP contribution in [0.2, 0.25) is 5.02 Å². The lowest BCUT2D eigenvalue weighted by Gasteiger charge is -2.11. The molecule has 0 bridgehead atoms. The van der Waals surface area contributed by atoms with Crippen LogP contribution in [0.15, 0.2) is 18.2 Å². The predicted molar refractivity (Wildman–Crippen MR) is 72.0 cm³/mol. The van der Waals surface area contributed by atoms with Crippen molar-refractivity contribution in [3.63, 3.8) is 0 Å². The zero-order valence-electron chi connectivity index (χ0n) is 10.6. The van der Waals surface area contributed by atoms with Crippen LogP contribution in [-0.4, -0.2) is 25.2 Å². The summed E-state index contributed by atoms with van der Waals surface area (Å²) in [6.45, 7) is 0.833. The Balaban J connectivity index is 1.75. The van der Waals surface area contributed by atoms with Crippen LogP contribution in [0.25, 0.3) is 0 Å². The molecule has 1 N–H and O–H groups in total. The summed E-state index contributed by atoms with van der Waals surface area (Å²) in [6.07, 6.45) is 4.93. The first-order valence-electron chi connectivity index (χ1n) is 6.51. The fourth-order valence-corrected chi connectivity index (χ4v) is 2.38. The minimum atomic E-state index is -0.571. The fraction of sp³-hybridized carbons (Fsp3) is 0.500. The highest BCUT2D eigenvalue weighted by molar-refractivity contribution is 6.30. The van der Waals surface area contributed by atoms with Crippen molar-refractivity contribution >= 4 is 17.5 Å². The number of rotatable bonds is 5. The molecule has 104 valence electrons. The Bertz CT molecular complexity index is 447. The van der Waals surface area contributed by atoms with Crippen molar-refractivity contribution in [2.24, 2.45) is 0 Å². The Hall–Kier alpha value is -1.13. The van der Waals surface area contributed by atoms with Crippen molar-refractivity contribution < 1.29 is 13.9 Å². The fourth-order valence-electron chi connectivity index (χ4n) is 2.21. The maximum Gasteiger partial charge on any atom is 0.254 e. The molecule has 0 radical (unpaired) electrons. The number of hydrogen-bond donors (Lipinski definition) is 1. The van der Waals surface area contributed by atoms with E-state index in [1.54, 1.807) is 0 Å². The first kappa shape index (κ1) is 14.3. The van der Waals surface area contributed by atoms with Crippen LogP contribution < -0.4 is 5.32 Å². The molecule has 5 heteroatoms. The number of hydrogen-bond acceptors (Lipinski definition) is 2. The Kier molecular flexibility index (Phi) is 5.16. The van der Waals surface area contributed by atoms with Crippen molar-refractivity contribution in [3.8, 4) is 0 Å². The van der Waals surface area contributed by atoms with Crippen LogP contribution in [-0.2, 0) is 4.74 Å². The summed E-state index contributed by atoms with van der Waals surface area (Å²) in [4.78, 5) is 11.7. The molecule has 0 heterocycles. The predicted octanol–water partition coefficient (Wildman–Crippen LogP) is 3.17. The summed E-state index contributed by atoms with van der Waals surface area (Å²) in [7, 11) is 0. The number of halogens is 2. The van der Waals surface area contributed by atoms with E-state index in [2.05, 4.69) is 5.32 Å². The number of benzene rings is 1. The Labute approximate surface area is 117 Å². The van der Waals surface area contributed by atoms with E-state index in [4.69, 9.17) is 16.3 Å². The molecule has 0 spiro atoms. The van der Waals surface area contributed by atoms with Gasteiger partial charge in [-0.3, -0.25) is 4.79 Å². The van der Waals surface area contributed by atoms with Crippen molar-refractivity contribution in [1.29, 1.82) is 0 Å². The van der Waals surface area contributed by atoms with Crippen molar-refractivity contribution in [1.82, 2.24) is 5.32 Å². The van der Waals surface area contributed by atoms with Gasteiger partial charge in [0, 0.05) is 11.6 Å². The second-order valence-corrected chi connectivity index (χ2v) is 5.09. The van der Waals surface area contributed by atoms with Gasteiger partial charge in [0.15, 0.2) is 0 Å². The van der Waals surface area contributed by atoms with Gasteiger partial charge in [-0.25, -0.2) is 4.39 Å². The minimum absolute atomic E-state index is 0.0339. The van der Waals surface area contributed by atoms with Gasteiger partial charge in [0.2, 0.25) is 0 Å². The highest BCUT2D eigenvalue weighted by Crippen LogP contribution is 2.20. The van der Waals surface area contributed by atoms with E-state index in [0.29, 0.717) is 24.3 Å². The molecule has 0 aliphatic heterocycles. The van der Waals surface area contributed by atoms with E-state index in [-0.39, 0.29) is 5.56 Å². The lowest BCUT2D eigenvalue weighted by molar-refractivity contribution is 0.0581. The zero-order chi connectivity index (χ0) is 13.7. The van der Waals surface area contributed by atoms with E-state index in [9.17, 15) is 9.18 Å². The van der Waals surface area contributed by atoms with Crippen LogP contribution >= 0.6 is 11.6 Å². The molecule has 0 saturated heterocycles. The molecule has 0 aromatic heterocycles. The standard InChI is InChI=1S/C14H17ClFNO2/c15-10-5-6-13(16)12(9-10)14(18)17-7-8-19-11-3-1-2-4-11/h5-6,9,11H,1-4,7-8H2,(H,17,18). The van der Waals surface area contributed by atoms with Crippen LogP contribution in [0.4, 0.5) is 4.39 Å². The lowest BCUT2D eigenvalue weighted by atomic mass is 10.2. The number of carbonyl (C=O) groups excluding carboxylic acids is 1. The van der Waals surface area contributed by atoms with Crippen LogP contribution in [0, 0.1) is 5.82 Å². The molecule has 2 rings (SSSR count). The first-order chi connectivity index (χ1) is 9.16. The summed E-state index contributed by atoms with van der Waals surface area (Å²) < 4.78 is 19.0. The monoisotopic (exact) mass is 285 g/mol. The molecule has 1 aliphatic carbocycles. The summed E-state index contributed by atoms with van der Waals surface area (Å²) in [5.41, 5.74) is -0.0339. The van der Waals surface area contributed by atoms with E-state index in [0.717, 1.165) is 12.8 Å².